The molecule has 1 saturated heterocycles. The van der Waals surface area contributed by atoms with Gasteiger partial charge in [0.25, 0.3) is 15.9 Å². The molecule has 250 valence electrons. The Morgan fingerprint density at radius 3 is 2.28 bits per heavy atom. The predicted molar refractivity (Wildman–Crippen MR) is 174 cm³/mol. The number of benzene rings is 3. The van der Waals surface area contributed by atoms with Crippen molar-refractivity contribution in [2.75, 3.05) is 46.3 Å². The van der Waals surface area contributed by atoms with Crippen molar-refractivity contribution >= 4 is 45.1 Å². The molecule has 3 aromatic carbocycles. The number of likely N-dealkylation sites (N-methyl/N-ethyl adjacent to an activating group) is 1. The summed E-state index contributed by atoms with van der Waals surface area (Å²) in [5.41, 5.74) is -1.54. The number of hydrogen-bond acceptors (Lipinski definition) is 9. The van der Waals surface area contributed by atoms with Gasteiger partial charge in [0.05, 0.1) is 39.0 Å². The van der Waals surface area contributed by atoms with Gasteiger partial charge in [-0.1, -0.05) is 36.7 Å². The number of methoxy groups -OCH3 is 3. The first-order chi connectivity index (χ1) is 22.2. The Bertz CT molecular complexity index is 1850. The molecule has 1 unspecified atom stereocenters. The summed E-state index contributed by atoms with van der Waals surface area (Å²) >= 11 is 6.58. The number of aliphatic carboxylic acids is 1. The Morgan fingerprint density at radius 2 is 1.66 bits per heavy atom. The van der Waals surface area contributed by atoms with Crippen LogP contribution in [0.1, 0.15) is 24.5 Å². The summed E-state index contributed by atoms with van der Waals surface area (Å²) in [5, 5.41) is 10.2. The number of rotatable bonds is 10. The number of sulfonamides is 1. The average molecular weight is 686 g/mol. The molecule has 1 fully saturated rings. The normalized spacial score (nSPS) is 21.7. The van der Waals surface area contributed by atoms with Gasteiger partial charge in [0.1, 0.15) is 22.1 Å². The monoisotopic (exact) mass is 685 g/mol. The van der Waals surface area contributed by atoms with E-state index in [1.54, 1.807) is 50.2 Å². The number of para-hydroxylation sites is 1. The van der Waals surface area contributed by atoms with E-state index < -0.39 is 45.3 Å². The number of anilines is 1. The zero-order valence-corrected chi connectivity index (χ0v) is 28.3. The molecule has 2 aliphatic rings. The third-order valence-corrected chi connectivity index (χ3v) is 11.0. The summed E-state index contributed by atoms with van der Waals surface area (Å²) in [4.78, 5) is 44.3. The maximum absolute atomic E-state index is 15.4. The zero-order valence-electron chi connectivity index (χ0n) is 26.8. The van der Waals surface area contributed by atoms with Crippen molar-refractivity contribution in [3.05, 3.63) is 76.8 Å². The number of amides is 2. The third kappa shape index (κ3) is 5.35. The van der Waals surface area contributed by atoms with Crippen LogP contribution < -0.4 is 18.5 Å². The lowest BCUT2D eigenvalue weighted by Gasteiger charge is -2.42. The van der Waals surface area contributed by atoms with Crippen LogP contribution in [0.5, 0.6) is 17.2 Å². The lowest BCUT2D eigenvalue weighted by atomic mass is 9.80. The number of halogens is 1. The first kappa shape index (κ1) is 34.0. The van der Waals surface area contributed by atoms with E-state index in [1.165, 1.54) is 62.6 Å². The number of nitrogens with zero attached hydrogens (tertiary/aromatic N) is 3. The van der Waals surface area contributed by atoms with E-state index >= 15 is 4.79 Å². The Labute approximate surface area is 278 Å². The summed E-state index contributed by atoms with van der Waals surface area (Å²) in [6.07, 6.45) is 0.101. The van der Waals surface area contributed by atoms with Crippen molar-refractivity contribution in [3.63, 3.8) is 0 Å². The molecule has 12 nitrogen and oxygen atoms in total. The van der Waals surface area contributed by atoms with Crippen LogP contribution in [0, 0.1) is 11.8 Å². The van der Waals surface area contributed by atoms with Crippen LogP contribution in [0.4, 0.5) is 5.69 Å². The quantitative estimate of drug-likeness (QED) is 0.334. The van der Waals surface area contributed by atoms with Crippen molar-refractivity contribution in [1.29, 1.82) is 0 Å². The minimum Gasteiger partial charge on any atom is -0.497 e. The SMILES string of the molecule is COc1ccc(S(=O)(=O)N2C(=O)[C@@](c3ccccc3OC)(N3C[C@@H](C(C)C(=O)O)C[C@H]3C(=O)N(C)C)c3cc(Cl)ccc32)c(OC)c1. The number of carboxylic acids is 1. The van der Waals surface area contributed by atoms with E-state index in [1.807, 2.05) is 0 Å². The average Bonchev–Trinajstić information content (AvgIpc) is 3.60. The number of fused-ring (bicyclic) bond motifs is 1. The number of ether oxygens (including phenoxy) is 3. The number of carbonyl (C=O) groups is 3. The first-order valence-electron chi connectivity index (χ1n) is 14.7. The van der Waals surface area contributed by atoms with Crippen molar-refractivity contribution in [2.45, 2.75) is 29.8 Å². The van der Waals surface area contributed by atoms with Crippen LogP contribution in [0.2, 0.25) is 5.02 Å². The fourth-order valence-electron chi connectivity index (χ4n) is 6.64. The van der Waals surface area contributed by atoms with Crippen LogP contribution in [-0.2, 0) is 29.9 Å². The fraction of sp³-hybridized carbons (Fsp3) is 0.364. The second-order valence-electron chi connectivity index (χ2n) is 11.7. The molecule has 0 radical (unpaired) electrons. The molecule has 4 atom stereocenters. The van der Waals surface area contributed by atoms with E-state index in [2.05, 4.69) is 0 Å². The van der Waals surface area contributed by atoms with Crippen molar-refractivity contribution in [3.8, 4) is 17.2 Å². The molecule has 47 heavy (non-hydrogen) atoms. The smallest absolute Gasteiger partial charge is 0.306 e. The highest BCUT2D eigenvalue weighted by Gasteiger charge is 2.64. The van der Waals surface area contributed by atoms with Gasteiger partial charge in [0.15, 0.2) is 5.54 Å². The number of carboxylic acid groups (broad SMARTS) is 1. The van der Waals surface area contributed by atoms with Gasteiger partial charge in [-0.05, 0) is 48.7 Å². The zero-order chi connectivity index (χ0) is 34.4. The maximum atomic E-state index is 15.4. The van der Waals surface area contributed by atoms with Gasteiger partial charge in [0.2, 0.25) is 5.91 Å². The van der Waals surface area contributed by atoms with E-state index in [4.69, 9.17) is 25.8 Å². The highest BCUT2D eigenvalue weighted by atomic mass is 35.5. The van der Waals surface area contributed by atoms with E-state index in [9.17, 15) is 23.1 Å². The number of carbonyl (C=O) groups excluding carboxylic acids is 2. The summed E-state index contributed by atoms with van der Waals surface area (Å²) in [5.74, 6) is -3.28. The molecule has 14 heteroatoms. The molecule has 2 amide bonds. The maximum Gasteiger partial charge on any atom is 0.306 e. The topological polar surface area (TPSA) is 143 Å². The van der Waals surface area contributed by atoms with Gasteiger partial charge < -0.3 is 24.2 Å². The molecule has 2 aliphatic heterocycles. The lowest BCUT2D eigenvalue weighted by molar-refractivity contribution is -0.143. The Balaban J connectivity index is 1.87. The van der Waals surface area contributed by atoms with Gasteiger partial charge in [-0.15, -0.1) is 0 Å². The van der Waals surface area contributed by atoms with E-state index in [0.29, 0.717) is 10.1 Å². The number of likely N-dealkylation sites (tertiary alicyclic amines) is 1. The molecule has 0 saturated carbocycles. The Hall–Kier alpha value is -4.33. The second-order valence-corrected chi connectivity index (χ2v) is 13.9. The largest absolute Gasteiger partial charge is 0.497 e. The minimum absolute atomic E-state index is 0.00830. The molecule has 0 aromatic heterocycles. The molecule has 3 aromatic rings. The highest BCUT2D eigenvalue weighted by Crippen LogP contribution is 2.56. The molecular formula is C33H36ClN3O9S. The van der Waals surface area contributed by atoms with Crippen molar-refractivity contribution in [2.24, 2.45) is 11.8 Å². The lowest BCUT2D eigenvalue weighted by Crippen LogP contribution is -2.59. The fourth-order valence-corrected chi connectivity index (χ4v) is 8.42. The molecule has 0 spiro atoms. The van der Waals surface area contributed by atoms with E-state index in [-0.39, 0.29) is 57.1 Å². The minimum atomic E-state index is -4.70. The van der Waals surface area contributed by atoms with Gasteiger partial charge >= 0.3 is 5.97 Å². The van der Waals surface area contributed by atoms with Crippen LogP contribution in [0.15, 0.2) is 65.6 Å². The third-order valence-electron chi connectivity index (χ3n) is 9.03. The van der Waals surface area contributed by atoms with Gasteiger partial charge in [-0.3, -0.25) is 19.3 Å². The van der Waals surface area contributed by atoms with Crippen molar-refractivity contribution < 1.29 is 42.1 Å². The van der Waals surface area contributed by atoms with Gasteiger partial charge in [-0.25, -0.2) is 12.7 Å². The molecular weight excluding hydrogens is 650 g/mol. The van der Waals surface area contributed by atoms with Crippen LogP contribution in [0.3, 0.4) is 0 Å². The molecule has 0 bridgehead atoms. The second kappa shape index (κ2) is 12.7. The van der Waals surface area contributed by atoms with Gasteiger partial charge in [-0.2, -0.15) is 0 Å². The van der Waals surface area contributed by atoms with E-state index in [0.717, 1.165) is 0 Å². The molecule has 1 N–H and O–H groups in total. The standard InChI is InChI=1S/C33H36ClN3O9S/c1-19(31(39)40)20-15-26(30(38)35(2)3)36(18-20)33(23-9-7-8-10-27(23)45-5)24-16-21(34)11-13-25(24)37(32(33)41)47(42,43)29-14-12-22(44-4)17-28(29)46-6/h7-14,16-17,19-20,26H,15,18H2,1-6H3,(H,39,40)/t19?,20-,26-,33-/m0/s1. The summed E-state index contributed by atoms with van der Waals surface area (Å²) in [6, 6.07) is 14.2. The van der Waals surface area contributed by atoms with Crippen LogP contribution in [0.25, 0.3) is 0 Å². The number of hydrogen-bond donors (Lipinski definition) is 1. The summed E-state index contributed by atoms with van der Waals surface area (Å²) < 4.78 is 46.5. The Kier molecular flexibility index (Phi) is 9.19. The van der Waals surface area contributed by atoms with Gasteiger partial charge in [0, 0.05) is 42.9 Å². The summed E-state index contributed by atoms with van der Waals surface area (Å²) in [6.45, 7) is 1.52. The van der Waals surface area contributed by atoms with Crippen LogP contribution >= 0.6 is 11.6 Å². The van der Waals surface area contributed by atoms with Crippen LogP contribution in [-0.4, -0.2) is 89.1 Å². The Morgan fingerprint density at radius 1 is 0.979 bits per heavy atom. The molecule has 5 rings (SSSR count). The van der Waals surface area contributed by atoms with Crippen molar-refractivity contribution in [1.82, 2.24) is 9.80 Å². The molecule has 2 heterocycles. The summed E-state index contributed by atoms with van der Waals surface area (Å²) in [7, 11) is 2.58. The predicted octanol–water partition coefficient (Wildman–Crippen LogP) is 3.84. The first-order valence-corrected chi connectivity index (χ1v) is 16.5. The highest BCUT2D eigenvalue weighted by molar-refractivity contribution is 7.93. The molecule has 0 aliphatic carbocycles.